The first-order valence-corrected chi connectivity index (χ1v) is 8.67. The second kappa shape index (κ2) is 6.01. The molecule has 0 spiro atoms. The maximum atomic E-state index is 13.2. The zero-order chi connectivity index (χ0) is 14.9. The van der Waals surface area contributed by atoms with Gasteiger partial charge >= 0.3 is 0 Å². The molecular formula is C12H7Br2ClFNO2S. The van der Waals surface area contributed by atoms with Crippen molar-refractivity contribution in [2.75, 3.05) is 4.72 Å². The van der Waals surface area contributed by atoms with Gasteiger partial charge in [-0.1, -0.05) is 17.7 Å². The van der Waals surface area contributed by atoms with Gasteiger partial charge in [0.1, 0.15) is 10.7 Å². The second-order valence-electron chi connectivity index (χ2n) is 3.81. The average molecular weight is 444 g/mol. The maximum absolute atomic E-state index is 13.2. The zero-order valence-corrected chi connectivity index (χ0v) is 14.4. The molecule has 0 bridgehead atoms. The topological polar surface area (TPSA) is 46.2 Å². The molecule has 0 radical (unpaired) electrons. The highest BCUT2D eigenvalue weighted by Gasteiger charge is 2.22. The van der Waals surface area contributed by atoms with Gasteiger partial charge in [-0.15, -0.1) is 0 Å². The molecule has 0 atom stereocenters. The number of anilines is 1. The van der Waals surface area contributed by atoms with Crippen molar-refractivity contribution in [1.82, 2.24) is 0 Å². The van der Waals surface area contributed by atoms with Crippen LogP contribution in [0.3, 0.4) is 0 Å². The van der Waals surface area contributed by atoms with Crippen LogP contribution in [0, 0.1) is 5.82 Å². The van der Waals surface area contributed by atoms with Crippen LogP contribution in [0.5, 0.6) is 0 Å². The van der Waals surface area contributed by atoms with E-state index < -0.39 is 15.8 Å². The van der Waals surface area contributed by atoms with E-state index in [9.17, 15) is 12.8 Å². The van der Waals surface area contributed by atoms with Gasteiger partial charge in [0.25, 0.3) is 10.0 Å². The Balaban J connectivity index is 2.46. The number of hydrogen-bond donors (Lipinski definition) is 1. The van der Waals surface area contributed by atoms with E-state index in [0.717, 1.165) is 12.1 Å². The summed E-state index contributed by atoms with van der Waals surface area (Å²) in [6, 6.07) is 8.45. The lowest BCUT2D eigenvalue weighted by Crippen LogP contribution is -2.14. The Labute approximate surface area is 137 Å². The molecule has 20 heavy (non-hydrogen) atoms. The van der Waals surface area contributed by atoms with Gasteiger partial charge < -0.3 is 0 Å². The Morgan fingerprint density at radius 3 is 2.25 bits per heavy atom. The molecule has 2 aromatic rings. The van der Waals surface area contributed by atoms with Crippen molar-refractivity contribution in [1.29, 1.82) is 0 Å². The van der Waals surface area contributed by atoms with Crippen molar-refractivity contribution in [3.05, 3.63) is 56.2 Å². The fourth-order valence-corrected chi connectivity index (χ4v) is 5.31. The van der Waals surface area contributed by atoms with E-state index in [1.807, 2.05) is 0 Å². The van der Waals surface area contributed by atoms with Gasteiger partial charge in [-0.2, -0.15) is 0 Å². The van der Waals surface area contributed by atoms with Gasteiger partial charge in [0.2, 0.25) is 0 Å². The fourth-order valence-electron chi connectivity index (χ4n) is 1.54. The first kappa shape index (κ1) is 15.8. The Kier molecular flexibility index (Phi) is 4.73. The molecule has 0 fully saturated rings. The summed E-state index contributed by atoms with van der Waals surface area (Å²) < 4.78 is 40.5. The number of halogens is 4. The summed E-state index contributed by atoms with van der Waals surface area (Å²) in [5, 5.41) is 0.405. The largest absolute Gasteiger partial charge is 0.280 e. The van der Waals surface area contributed by atoms with E-state index in [2.05, 4.69) is 36.6 Å². The molecule has 3 nitrogen and oxygen atoms in total. The van der Waals surface area contributed by atoms with Gasteiger partial charge in [0.15, 0.2) is 0 Å². The summed E-state index contributed by atoms with van der Waals surface area (Å²) in [5.41, 5.74) is 0.320. The first-order valence-electron chi connectivity index (χ1n) is 5.22. The third-order valence-electron chi connectivity index (χ3n) is 2.31. The molecule has 106 valence electrons. The summed E-state index contributed by atoms with van der Waals surface area (Å²) in [6.07, 6.45) is 0. The molecule has 0 saturated carbocycles. The van der Waals surface area contributed by atoms with Crippen LogP contribution in [-0.4, -0.2) is 8.42 Å². The monoisotopic (exact) mass is 441 g/mol. The van der Waals surface area contributed by atoms with E-state index in [4.69, 9.17) is 11.6 Å². The third kappa shape index (κ3) is 3.52. The number of sulfonamides is 1. The molecule has 0 heterocycles. The summed E-state index contributed by atoms with van der Waals surface area (Å²) in [4.78, 5) is -0.0844. The highest BCUT2D eigenvalue weighted by molar-refractivity contribution is 9.11. The van der Waals surface area contributed by atoms with Crippen LogP contribution in [0.25, 0.3) is 0 Å². The maximum Gasteiger partial charge on any atom is 0.264 e. The summed E-state index contributed by atoms with van der Waals surface area (Å²) in [7, 11) is -3.88. The van der Waals surface area contributed by atoms with Crippen LogP contribution in [0.2, 0.25) is 5.02 Å². The van der Waals surface area contributed by atoms with Crippen LogP contribution in [0.4, 0.5) is 10.1 Å². The number of hydrogen-bond acceptors (Lipinski definition) is 2. The molecule has 0 aromatic heterocycles. The Morgan fingerprint density at radius 1 is 1.10 bits per heavy atom. The van der Waals surface area contributed by atoms with Crippen LogP contribution in [0.15, 0.2) is 50.2 Å². The highest BCUT2D eigenvalue weighted by Crippen LogP contribution is 2.32. The Bertz CT molecular complexity index is 745. The molecule has 2 rings (SSSR count). The summed E-state index contributed by atoms with van der Waals surface area (Å²) in [6.45, 7) is 0. The molecule has 8 heteroatoms. The number of rotatable bonds is 3. The molecule has 0 saturated heterocycles. The molecule has 0 aliphatic carbocycles. The van der Waals surface area contributed by atoms with Crippen LogP contribution in [0.1, 0.15) is 0 Å². The average Bonchev–Trinajstić information content (AvgIpc) is 2.25. The lowest BCUT2D eigenvalue weighted by atomic mass is 10.3. The highest BCUT2D eigenvalue weighted by atomic mass is 79.9. The minimum Gasteiger partial charge on any atom is -0.280 e. The smallest absolute Gasteiger partial charge is 0.264 e. The first-order chi connectivity index (χ1) is 9.29. The van der Waals surface area contributed by atoms with Crippen LogP contribution < -0.4 is 4.72 Å². The Hall–Kier alpha value is -0.630. The van der Waals surface area contributed by atoms with Gasteiger partial charge in [-0.25, -0.2) is 12.8 Å². The SMILES string of the molecule is O=S(=O)(Nc1cccc(Cl)c1)c1c(Br)cc(F)cc1Br. The summed E-state index contributed by atoms with van der Waals surface area (Å²) >= 11 is 11.9. The van der Waals surface area contributed by atoms with Crippen molar-refractivity contribution in [3.63, 3.8) is 0 Å². The van der Waals surface area contributed by atoms with Gasteiger partial charge in [0.05, 0.1) is 5.69 Å². The van der Waals surface area contributed by atoms with Crippen LogP contribution >= 0.6 is 43.5 Å². The van der Waals surface area contributed by atoms with E-state index >= 15 is 0 Å². The molecule has 0 unspecified atom stereocenters. The molecular weight excluding hydrogens is 436 g/mol. The quantitative estimate of drug-likeness (QED) is 0.741. The van der Waals surface area contributed by atoms with E-state index in [1.165, 1.54) is 6.07 Å². The Morgan fingerprint density at radius 2 is 1.70 bits per heavy atom. The standard InChI is InChI=1S/C12H7Br2ClFNO2S/c13-10-5-8(16)6-11(14)12(10)20(18,19)17-9-3-1-2-7(15)4-9/h1-6,17H. The number of nitrogens with one attached hydrogen (secondary N) is 1. The fraction of sp³-hybridized carbons (Fsp3) is 0. The van der Waals surface area contributed by atoms with Crippen molar-refractivity contribution in [2.45, 2.75) is 4.90 Å². The minimum atomic E-state index is -3.88. The second-order valence-corrected chi connectivity index (χ2v) is 7.58. The van der Waals surface area contributed by atoms with Gasteiger partial charge in [0, 0.05) is 14.0 Å². The molecule has 0 amide bonds. The zero-order valence-electron chi connectivity index (χ0n) is 9.70. The molecule has 0 aliphatic heterocycles. The van der Waals surface area contributed by atoms with E-state index in [1.54, 1.807) is 18.2 Å². The molecule has 1 N–H and O–H groups in total. The predicted molar refractivity (Wildman–Crippen MR) is 84.1 cm³/mol. The normalized spacial score (nSPS) is 11.4. The minimum absolute atomic E-state index is 0.0844. The molecule has 0 aliphatic rings. The van der Waals surface area contributed by atoms with E-state index in [0.29, 0.717) is 10.7 Å². The van der Waals surface area contributed by atoms with Crippen molar-refractivity contribution in [3.8, 4) is 0 Å². The lowest BCUT2D eigenvalue weighted by Gasteiger charge is -2.11. The van der Waals surface area contributed by atoms with Crippen LogP contribution in [-0.2, 0) is 10.0 Å². The van der Waals surface area contributed by atoms with Crippen molar-refractivity contribution < 1.29 is 12.8 Å². The summed E-state index contributed by atoms with van der Waals surface area (Å²) in [5.74, 6) is -0.551. The third-order valence-corrected chi connectivity index (χ3v) is 5.80. The van der Waals surface area contributed by atoms with Crippen molar-refractivity contribution in [2.24, 2.45) is 0 Å². The van der Waals surface area contributed by atoms with Crippen molar-refractivity contribution >= 4 is 59.2 Å². The predicted octanol–water partition coefficient (Wildman–Crippen LogP) is 4.80. The van der Waals surface area contributed by atoms with E-state index in [-0.39, 0.29) is 13.8 Å². The molecule has 2 aromatic carbocycles. The van der Waals surface area contributed by atoms with Gasteiger partial charge in [-0.05, 0) is 62.2 Å². The number of benzene rings is 2. The van der Waals surface area contributed by atoms with Gasteiger partial charge in [-0.3, -0.25) is 4.72 Å². The lowest BCUT2D eigenvalue weighted by molar-refractivity contribution is 0.598.